The van der Waals surface area contributed by atoms with Gasteiger partial charge in [-0.1, -0.05) is 24.3 Å². The fraction of sp³-hybridized carbons (Fsp3) is 0.333. The Balaban J connectivity index is 2.40. The second-order valence-electron chi connectivity index (χ2n) is 4.47. The van der Waals surface area contributed by atoms with E-state index < -0.39 is 0 Å². The molecular weight excluding hydrogens is 334 g/mol. The number of aromatic nitrogens is 2. The molecule has 0 amide bonds. The molecule has 2 aromatic rings. The molecule has 0 radical (unpaired) electrons. The fourth-order valence-corrected chi connectivity index (χ4v) is 2.43. The fourth-order valence-electron chi connectivity index (χ4n) is 1.94. The molecule has 1 heterocycles. The van der Waals surface area contributed by atoms with Gasteiger partial charge in [0.2, 0.25) is 0 Å². The smallest absolute Gasteiger partial charge is 0.161 e. The molecule has 0 aliphatic rings. The highest BCUT2D eigenvalue weighted by Crippen LogP contribution is 2.27. The van der Waals surface area contributed by atoms with Crippen molar-refractivity contribution in [3.05, 3.63) is 40.0 Å². The van der Waals surface area contributed by atoms with E-state index in [0.29, 0.717) is 19.0 Å². The first kappa shape index (κ1) is 15.9. The quantitative estimate of drug-likeness (QED) is 0.865. The Morgan fingerprint density at radius 1 is 1.05 bits per heavy atom. The summed E-state index contributed by atoms with van der Waals surface area (Å²) in [4.78, 5) is 9.09. The average molecular weight is 352 g/mol. The van der Waals surface area contributed by atoms with E-state index in [-0.39, 0.29) is 0 Å². The van der Waals surface area contributed by atoms with Crippen molar-refractivity contribution >= 4 is 21.7 Å². The SMILES string of the molecule is CNc1nc(-c2ccc(COC)cc2)nc(COC)c1Br. The van der Waals surface area contributed by atoms with Crippen LogP contribution in [-0.2, 0) is 22.7 Å². The zero-order valence-electron chi connectivity index (χ0n) is 12.3. The third kappa shape index (κ3) is 3.78. The summed E-state index contributed by atoms with van der Waals surface area (Å²) in [5.74, 6) is 1.41. The van der Waals surface area contributed by atoms with Crippen molar-refractivity contribution in [3.63, 3.8) is 0 Å². The lowest BCUT2D eigenvalue weighted by molar-refractivity contribution is 0.181. The predicted octanol–water partition coefficient (Wildman–Crippen LogP) is 3.24. The number of ether oxygens (including phenoxy) is 2. The third-order valence-electron chi connectivity index (χ3n) is 2.96. The Morgan fingerprint density at radius 2 is 1.71 bits per heavy atom. The van der Waals surface area contributed by atoms with E-state index >= 15 is 0 Å². The lowest BCUT2D eigenvalue weighted by Gasteiger charge is -2.11. The summed E-state index contributed by atoms with van der Waals surface area (Å²) >= 11 is 3.50. The van der Waals surface area contributed by atoms with Crippen molar-refractivity contribution in [2.45, 2.75) is 13.2 Å². The van der Waals surface area contributed by atoms with Crippen molar-refractivity contribution in [2.24, 2.45) is 0 Å². The summed E-state index contributed by atoms with van der Waals surface area (Å²) in [5, 5.41) is 3.06. The predicted molar refractivity (Wildman–Crippen MR) is 86.1 cm³/mol. The monoisotopic (exact) mass is 351 g/mol. The van der Waals surface area contributed by atoms with Gasteiger partial charge in [0.05, 0.1) is 23.4 Å². The Labute approximate surface area is 132 Å². The first-order chi connectivity index (χ1) is 10.2. The molecule has 0 atom stereocenters. The highest BCUT2D eigenvalue weighted by atomic mass is 79.9. The molecule has 1 aromatic carbocycles. The van der Waals surface area contributed by atoms with Gasteiger partial charge in [0, 0.05) is 26.8 Å². The van der Waals surface area contributed by atoms with Crippen LogP contribution < -0.4 is 5.32 Å². The molecule has 0 aliphatic heterocycles. The number of methoxy groups -OCH3 is 2. The summed E-state index contributed by atoms with van der Waals surface area (Å²) in [6.07, 6.45) is 0. The molecule has 112 valence electrons. The second-order valence-corrected chi connectivity index (χ2v) is 5.26. The summed E-state index contributed by atoms with van der Waals surface area (Å²) in [6, 6.07) is 8.01. The molecule has 1 aromatic heterocycles. The number of hydrogen-bond donors (Lipinski definition) is 1. The van der Waals surface area contributed by atoms with Gasteiger partial charge in [0.25, 0.3) is 0 Å². The van der Waals surface area contributed by atoms with Crippen LogP contribution in [0.5, 0.6) is 0 Å². The van der Waals surface area contributed by atoms with Crippen molar-refractivity contribution in [1.29, 1.82) is 0 Å². The number of nitrogens with one attached hydrogen (secondary N) is 1. The minimum Gasteiger partial charge on any atom is -0.380 e. The molecule has 0 unspecified atom stereocenters. The standard InChI is InChI=1S/C15H18BrN3O2/c1-17-15-13(16)12(9-21-3)18-14(19-15)11-6-4-10(5-7-11)8-20-2/h4-7H,8-9H2,1-3H3,(H,17,18,19). The molecule has 2 rings (SSSR count). The highest BCUT2D eigenvalue weighted by Gasteiger charge is 2.12. The van der Waals surface area contributed by atoms with Crippen molar-refractivity contribution in [1.82, 2.24) is 9.97 Å². The summed E-state index contributed by atoms with van der Waals surface area (Å²) in [5.41, 5.74) is 2.88. The van der Waals surface area contributed by atoms with Crippen molar-refractivity contribution in [3.8, 4) is 11.4 Å². The third-order valence-corrected chi connectivity index (χ3v) is 3.79. The van der Waals surface area contributed by atoms with E-state index in [9.17, 15) is 0 Å². The van der Waals surface area contributed by atoms with Gasteiger partial charge >= 0.3 is 0 Å². The minimum absolute atomic E-state index is 0.423. The van der Waals surface area contributed by atoms with E-state index in [1.165, 1.54) is 0 Å². The van der Waals surface area contributed by atoms with Crippen molar-refractivity contribution in [2.75, 3.05) is 26.6 Å². The van der Waals surface area contributed by atoms with Crippen molar-refractivity contribution < 1.29 is 9.47 Å². The van der Waals surface area contributed by atoms with Crippen LogP contribution >= 0.6 is 15.9 Å². The van der Waals surface area contributed by atoms with Gasteiger partial charge in [-0.3, -0.25) is 0 Å². The summed E-state index contributed by atoms with van der Waals surface area (Å²) < 4.78 is 11.1. The molecule has 1 N–H and O–H groups in total. The number of nitrogens with zero attached hydrogens (tertiary/aromatic N) is 2. The largest absolute Gasteiger partial charge is 0.380 e. The Morgan fingerprint density at radius 3 is 2.29 bits per heavy atom. The summed E-state index contributed by atoms with van der Waals surface area (Å²) in [6.45, 7) is 1.02. The Bertz CT molecular complexity index is 603. The van der Waals surface area contributed by atoms with Gasteiger partial charge in [0.15, 0.2) is 5.82 Å². The maximum absolute atomic E-state index is 5.19. The molecule has 21 heavy (non-hydrogen) atoms. The van der Waals surface area contributed by atoms with Gasteiger partial charge in [-0.05, 0) is 21.5 Å². The number of rotatable bonds is 6. The van der Waals surface area contributed by atoms with E-state index in [0.717, 1.165) is 27.1 Å². The molecule has 5 nitrogen and oxygen atoms in total. The zero-order chi connectivity index (χ0) is 15.2. The van der Waals surface area contributed by atoms with Crippen LogP contribution in [-0.4, -0.2) is 31.2 Å². The van der Waals surface area contributed by atoms with E-state index in [2.05, 4.69) is 31.2 Å². The van der Waals surface area contributed by atoms with Gasteiger partial charge in [-0.25, -0.2) is 9.97 Å². The molecule has 0 bridgehead atoms. The lowest BCUT2D eigenvalue weighted by atomic mass is 10.1. The van der Waals surface area contributed by atoms with Gasteiger partial charge in [0.1, 0.15) is 5.82 Å². The minimum atomic E-state index is 0.423. The number of hydrogen-bond acceptors (Lipinski definition) is 5. The number of halogens is 1. The normalized spacial score (nSPS) is 10.7. The topological polar surface area (TPSA) is 56.3 Å². The van der Waals surface area contributed by atoms with Gasteiger partial charge in [-0.15, -0.1) is 0 Å². The van der Waals surface area contributed by atoms with Gasteiger partial charge < -0.3 is 14.8 Å². The first-order valence-corrected chi connectivity index (χ1v) is 7.30. The van der Waals surface area contributed by atoms with Crippen LogP contribution in [0.3, 0.4) is 0 Å². The Hall–Kier alpha value is -1.50. The number of benzene rings is 1. The van der Waals surface area contributed by atoms with Crippen LogP contribution in [0.15, 0.2) is 28.7 Å². The van der Waals surface area contributed by atoms with Crippen LogP contribution in [0, 0.1) is 0 Å². The maximum Gasteiger partial charge on any atom is 0.161 e. The van der Waals surface area contributed by atoms with Crippen LogP contribution in [0.2, 0.25) is 0 Å². The van der Waals surface area contributed by atoms with Crippen LogP contribution in [0.1, 0.15) is 11.3 Å². The van der Waals surface area contributed by atoms with Crippen LogP contribution in [0.25, 0.3) is 11.4 Å². The molecular formula is C15H18BrN3O2. The molecule has 0 fully saturated rings. The number of anilines is 1. The first-order valence-electron chi connectivity index (χ1n) is 6.51. The molecule has 0 saturated carbocycles. The summed E-state index contributed by atoms with van der Waals surface area (Å²) in [7, 11) is 5.16. The van der Waals surface area contributed by atoms with E-state index in [4.69, 9.17) is 9.47 Å². The highest BCUT2D eigenvalue weighted by molar-refractivity contribution is 9.10. The second kappa shape index (κ2) is 7.49. The lowest BCUT2D eigenvalue weighted by Crippen LogP contribution is -2.04. The maximum atomic E-state index is 5.19. The molecule has 6 heteroatoms. The average Bonchev–Trinajstić information content (AvgIpc) is 2.51. The Kier molecular flexibility index (Phi) is 5.67. The zero-order valence-corrected chi connectivity index (χ0v) is 13.9. The van der Waals surface area contributed by atoms with E-state index in [1.807, 2.05) is 31.3 Å². The van der Waals surface area contributed by atoms with E-state index in [1.54, 1.807) is 14.2 Å². The molecule has 0 aliphatic carbocycles. The molecule has 0 saturated heterocycles. The van der Waals surface area contributed by atoms with Gasteiger partial charge in [-0.2, -0.15) is 0 Å². The van der Waals surface area contributed by atoms with Crippen LogP contribution in [0.4, 0.5) is 5.82 Å². The molecule has 0 spiro atoms.